The van der Waals surface area contributed by atoms with Gasteiger partial charge in [-0.15, -0.1) is 0 Å². The Morgan fingerprint density at radius 3 is 2.50 bits per heavy atom. The number of ether oxygens (including phenoxy) is 1. The summed E-state index contributed by atoms with van der Waals surface area (Å²) in [6.45, 7) is 0.810. The molecule has 0 amide bonds. The predicted octanol–water partition coefficient (Wildman–Crippen LogP) is 3.94. The Balaban J connectivity index is 2.00. The Labute approximate surface area is 130 Å². The smallest absolute Gasteiger partial charge is 0.123 e. The number of hydrogen-bond acceptors (Lipinski definition) is 2. The summed E-state index contributed by atoms with van der Waals surface area (Å²) in [4.78, 5) is 0.173. The number of benzene rings is 2. The van der Waals surface area contributed by atoms with Gasteiger partial charge in [0.1, 0.15) is 10.8 Å². The predicted molar refractivity (Wildman–Crippen MR) is 84.9 cm³/mol. The van der Waals surface area contributed by atoms with Crippen molar-refractivity contribution in [2.24, 2.45) is 5.73 Å². The zero-order valence-corrected chi connectivity index (χ0v) is 13.0. The lowest BCUT2D eigenvalue weighted by Crippen LogP contribution is -2.13. The van der Waals surface area contributed by atoms with Gasteiger partial charge in [0.25, 0.3) is 0 Å². The normalized spacial score (nSPS) is 10.5. The molecule has 2 aromatic rings. The third-order valence-electron chi connectivity index (χ3n) is 2.78. The number of rotatable bonds is 5. The first-order chi connectivity index (χ1) is 9.56. The van der Waals surface area contributed by atoms with Crippen LogP contribution in [0, 0.1) is 5.82 Å². The highest BCUT2D eigenvalue weighted by Gasteiger charge is 2.07. The van der Waals surface area contributed by atoms with Crippen LogP contribution in [0.2, 0.25) is 0 Å². The second kappa shape index (κ2) is 6.92. The average Bonchev–Trinajstić information content (AvgIpc) is 2.42. The topological polar surface area (TPSA) is 35.2 Å². The fourth-order valence-electron chi connectivity index (χ4n) is 1.76. The molecule has 0 saturated carbocycles. The second-order valence-corrected chi connectivity index (χ2v) is 5.64. The number of nitrogens with two attached hydrogens (primary N) is 1. The van der Waals surface area contributed by atoms with Crippen LogP contribution in [0.25, 0.3) is 0 Å². The lowest BCUT2D eigenvalue weighted by Gasteiger charge is -2.09. The van der Waals surface area contributed by atoms with Gasteiger partial charge in [-0.1, -0.05) is 46.3 Å². The van der Waals surface area contributed by atoms with Crippen LogP contribution in [-0.2, 0) is 18.0 Å². The molecule has 2 aromatic carbocycles. The van der Waals surface area contributed by atoms with Crippen molar-refractivity contribution in [3.05, 3.63) is 69.4 Å². The van der Waals surface area contributed by atoms with Gasteiger partial charge in [0.15, 0.2) is 0 Å². The molecule has 2 rings (SSSR count). The fraction of sp³-hybridized carbons (Fsp3) is 0.133. The minimum Gasteiger partial charge on any atom is -0.389 e. The molecule has 0 bridgehead atoms. The van der Waals surface area contributed by atoms with E-state index in [4.69, 9.17) is 22.7 Å². The highest BCUT2D eigenvalue weighted by atomic mass is 79.9. The maximum Gasteiger partial charge on any atom is 0.123 e. The Bertz CT molecular complexity index is 616. The summed E-state index contributed by atoms with van der Waals surface area (Å²) in [5.41, 5.74) is 7.96. The van der Waals surface area contributed by atoms with Gasteiger partial charge in [0.2, 0.25) is 0 Å². The molecule has 20 heavy (non-hydrogen) atoms. The number of hydrogen-bond donors (Lipinski definition) is 1. The molecule has 0 aliphatic heterocycles. The van der Waals surface area contributed by atoms with Gasteiger partial charge in [0.05, 0.1) is 13.2 Å². The van der Waals surface area contributed by atoms with E-state index in [9.17, 15) is 4.39 Å². The molecule has 0 saturated heterocycles. The summed E-state index contributed by atoms with van der Waals surface area (Å²) in [5.74, 6) is -0.357. The molecule has 0 heterocycles. The van der Waals surface area contributed by atoms with E-state index in [1.807, 2.05) is 24.3 Å². The van der Waals surface area contributed by atoms with E-state index in [1.54, 1.807) is 6.07 Å². The summed E-state index contributed by atoms with van der Waals surface area (Å²) >= 11 is 8.30. The summed E-state index contributed by atoms with van der Waals surface area (Å²) in [6, 6.07) is 12.2. The Morgan fingerprint density at radius 2 is 1.85 bits per heavy atom. The number of halogens is 2. The summed E-state index contributed by atoms with van der Waals surface area (Å²) in [7, 11) is 0. The zero-order chi connectivity index (χ0) is 14.5. The fourth-order valence-corrected chi connectivity index (χ4v) is 2.22. The van der Waals surface area contributed by atoms with Gasteiger partial charge in [-0.05, 0) is 35.4 Å². The molecule has 0 aliphatic rings. The summed E-state index contributed by atoms with van der Waals surface area (Å²) in [5, 5.41) is 0. The van der Waals surface area contributed by atoms with Crippen molar-refractivity contribution >= 4 is 33.1 Å². The molecule has 2 nitrogen and oxygen atoms in total. The molecule has 0 radical (unpaired) electrons. The Kier molecular flexibility index (Phi) is 5.23. The third-order valence-corrected chi connectivity index (χ3v) is 3.53. The molecular formula is C15H13BrFNOS. The van der Waals surface area contributed by atoms with Crippen LogP contribution in [-0.4, -0.2) is 4.99 Å². The summed E-state index contributed by atoms with van der Waals surface area (Å²) in [6.07, 6.45) is 0. The molecule has 0 atom stereocenters. The van der Waals surface area contributed by atoms with Crippen LogP contribution in [0.15, 0.2) is 46.9 Å². The van der Waals surface area contributed by atoms with E-state index in [-0.39, 0.29) is 10.8 Å². The van der Waals surface area contributed by atoms with Crippen molar-refractivity contribution < 1.29 is 9.13 Å². The van der Waals surface area contributed by atoms with E-state index in [0.29, 0.717) is 18.8 Å². The molecule has 5 heteroatoms. The van der Waals surface area contributed by atoms with Crippen LogP contribution in [0.1, 0.15) is 16.7 Å². The van der Waals surface area contributed by atoms with Gasteiger partial charge in [0, 0.05) is 10.0 Å². The SMILES string of the molecule is NC(=S)c1cc(F)ccc1COCc1ccc(Br)cc1. The van der Waals surface area contributed by atoms with Crippen molar-refractivity contribution in [1.82, 2.24) is 0 Å². The van der Waals surface area contributed by atoms with Gasteiger partial charge < -0.3 is 10.5 Å². The number of thiocarbonyl (C=S) groups is 1. The van der Waals surface area contributed by atoms with Gasteiger partial charge in [-0.25, -0.2) is 4.39 Å². The first kappa shape index (κ1) is 15.1. The first-order valence-electron chi connectivity index (χ1n) is 5.96. The van der Waals surface area contributed by atoms with E-state index in [2.05, 4.69) is 15.9 Å². The zero-order valence-electron chi connectivity index (χ0n) is 10.6. The minimum absolute atomic E-state index is 0.173. The molecule has 0 spiro atoms. The van der Waals surface area contributed by atoms with E-state index in [1.165, 1.54) is 12.1 Å². The van der Waals surface area contributed by atoms with Crippen LogP contribution >= 0.6 is 28.1 Å². The van der Waals surface area contributed by atoms with Crippen molar-refractivity contribution in [1.29, 1.82) is 0 Å². The van der Waals surface area contributed by atoms with Crippen LogP contribution in [0.4, 0.5) is 4.39 Å². The molecule has 0 unspecified atom stereocenters. The monoisotopic (exact) mass is 353 g/mol. The van der Waals surface area contributed by atoms with E-state index >= 15 is 0 Å². The molecule has 0 aliphatic carbocycles. The lowest BCUT2D eigenvalue weighted by atomic mass is 10.1. The van der Waals surface area contributed by atoms with Gasteiger partial charge >= 0.3 is 0 Å². The van der Waals surface area contributed by atoms with Crippen LogP contribution in [0.3, 0.4) is 0 Å². The van der Waals surface area contributed by atoms with Crippen LogP contribution in [0.5, 0.6) is 0 Å². The van der Waals surface area contributed by atoms with Gasteiger partial charge in [-0.3, -0.25) is 0 Å². The van der Waals surface area contributed by atoms with Gasteiger partial charge in [-0.2, -0.15) is 0 Å². The Morgan fingerprint density at radius 1 is 1.15 bits per heavy atom. The third kappa shape index (κ3) is 4.10. The minimum atomic E-state index is -0.357. The average molecular weight is 354 g/mol. The standard InChI is InChI=1S/C15H13BrFNOS/c16-12-4-1-10(2-5-12)8-19-9-11-3-6-13(17)7-14(11)15(18)20/h1-7H,8-9H2,(H2,18,20). The first-order valence-corrected chi connectivity index (χ1v) is 7.17. The van der Waals surface area contributed by atoms with E-state index in [0.717, 1.165) is 15.6 Å². The van der Waals surface area contributed by atoms with E-state index < -0.39 is 0 Å². The second-order valence-electron chi connectivity index (χ2n) is 4.28. The maximum absolute atomic E-state index is 13.2. The molecule has 104 valence electrons. The van der Waals surface area contributed by atoms with Crippen LogP contribution < -0.4 is 5.73 Å². The van der Waals surface area contributed by atoms with Crippen molar-refractivity contribution in [2.45, 2.75) is 13.2 Å². The highest BCUT2D eigenvalue weighted by molar-refractivity contribution is 9.10. The van der Waals surface area contributed by atoms with Crippen molar-refractivity contribution in [3.8, 4) is 0 Å². The Hall–Kier alpha value is -1.30. The molecule has 2 N–H and O–H groups in total. The van der Waals surface area contributed by atoms with Crippen molar-refractivity contribution in [2.75, 3.05) is 0 Å². The highest BCUT2D eigenvalue weighted by Crippen LogP contribution is 2.15. The lowest BCUT2D eigenvalue weighted by molar-refractivity contribution is 0.107. The molecule has 0 fully saturated rings. The quantitative estimate of drug-likeness (QED) is 0.826. The largest absolute Gasteiger partial charge is 0.389 e. The maximum atomic E-state index is 13.2. The van der Waals surface area contributed by atoms with Crippen molar-refractivity contribution in [3.63, 3.8) is 0 Å². The summed E-state index contributed by atoms with van der Waals surface area (Å²) < 4.78 is 19.8. The molecular weight excluding hydrogens is 341 g/mol. The molecule has 0 aromatic heterocycles.